The summed E-state index contributed by atoms with van der Waals surface area (Å²) in [5, 5.41) is 3.32. The smallest absolute Gasteiger partial charge is 0.121 e. The molecule has 2 rings (SSSR count). The number of nitrogens with one attached hydrogen (secondary N) is 1. The summed E-state index contributed by atoms with van der Waals surface area (Å²) >= 11 is 0. The quantitative estimate of drug-likeness (QED) is 0.775. The van der Waals surface area contributed by atoms with E-state index in [-0.39, 0.29) is 0 Å². The molecule has 106 valence electrons. The van der Waals surface area contributed by atoms with Gasteiger partial charge in [-0.2, -0.15) is 0 Å². The van der Waals surface area contributed by atoms with Crippen molar-refractivity contribution >= 4 is 5.69 Å². The third-order valence-electron chi connectivity index (χ3n) is 2.87. The molecular formula is C17H21NO2. The molecule has 0 heterocycles. The Labute approximate surface area is 120 Å². The van der Waals surface area contributed by atoms with Crippen molar-refractivity contribution in [1.29, 1.82) is 0 Å². The normalized spacial score (nSPS) is 10.1. The highest BCUT2D eigenvalue weighted by atomic mass is 16.5. The number of benzene rings is 2. The van der Waals surface area contributed by atoms with E-state index in [4.69, 9.17) is 9.47 Å². The molecule has 2 aromatic rings. The van der Waals surface area contributed by atoms with E-state index in [0.29, 0.717) is 13.2 Å². The molecule has 0 saturated carbocycles. The summed E-state index contributed by atoms with van der Waals surface area (Å²) in [6.07, 6.45) is 0. The minimum absolute atomic E-state index is 0.627. The largest absolute Gasteiger partial charge is 0.494 e. The second-order valence-electron chi connectivity index (χ2n) is 4.55. The van der Waals surface area contributed by atoms with Crippen LogP contribution in [0.4, 0.5) is 5.69 Å². The maximum absolute atomic E-state index is 5.67. The summed E-state index contributed by atoms with van der Waals surface area (Å²) < 4.78 is 11.1. The Morgan fingerprint density at radius 1 is 0.950 bits per heavy atom. The van der Waals surface area contributed by atoms with E-state index in [9.17, 15) is 0 Å². The van der Waals surface area contributed by atoms with Gasteiger partial charge in [-0.1, -0.05) is 23.8 Å². The highest BCUT2D eigenvalue weighted by Gasteiger charge is 1.97. The molecule has 0 bridgehead atoms. The predicted octanol–water partition coefficient (Wildman–Crippen LogP) is 3.88. The molecule has 0 spiro atoms. The van der Waals surface area contributed by atoms with Crippen molar-refractivity contribution < 1.29 is 9.47 Å². The molecule has 3 heteroatoms. The molecule has 1 N–H and O–H groups in total. The maximum Gasteiger partial charge on any atom is 0.121 e. The Hall–Kier alpha value is -2.16. The first-order chi connectivity index (χ1) is 9.78. The number of ether oxygens (including phenoxy) is 2. The zero-order valence-corrected chi connectivity index (χ0v) is 12.1. The molecule has 2 aromatic carbocycles. The summed E-state index contributed by atoms with van der Waals surface area (Å²) in [5.41, 5.74) is 2.28. The van der Waals surface area contributed by atoms with Crippen LogP contribution < -0.4 is 14.8 Å². The van der Waals surface area contributed by atoms with E-state index >= 15 is 0 Å². The molecule has 0 unspecified atom stereocenters. The van der Waals surface area contributed by atoms with Crippen molar-refractivity contribution in [2.24, 2.45) is 0 Å². The van der Waals surface area contributed by atoms with Gasteiger partial charge in [-0.05, 0) is 38.1 Å². The van der Waals surface area contributed by atoms with Crippen LogP contribution in [0.15, 0.2) is 48.5 Å². The summed E-state index contributed by atoms with van der Waals surface area (Å²) in [6, 6.07) is 16.0. The third-order valence-corrected chi connectivity index (χ3v) is 2.87. The van der Waals surface area contributed by atoms with Crippen LogP contribution in [0.25, 0.3) is 0 Å². The second-order valence-corrected chi connectivity index (χ2v) is 4.55. The molecule has 0 atom stereocenters. The predicted molar refractivity (Wildman–Crippen MR) is 82.8 cm³/mol. The van der Waals surface area contributed by atoms with Gasteiger partial charge >= 0.3 is 0 Å². The Morgan fingerprint density at radius 2 is 1.75 bits per heavy atom. The zero-order chi connectivity index (χ0) is 14.2. The standard InChI is InChI=1S/C17H21NO2/c1-3-19-17-6-4-5-15(13-17)18-11-12-20-16-9-7-14(2)8-10-16/h4-10,13,18H,3,11-12H2,1-2H3. The molecule has 0 aliphatic rings. The molecule has 0 saturated heterocycles. The van der Waals surface area contributed by atoms with Crippen LogP contribution in [0.1, 0.15) is 12.5 Å². The van der Waals surface area contributed by atoms with Gasteiger partial charge < -0.3 is 14.8 Å². The van der Waals surface area contributed by atoms with Gasteiger partial charge in [-0.15, -0.1) is 0 Å². The van der Waals surface area contributed by atoms with E-state index in [0.717, 1.165) is 23.7 Å². The lowest BCUT2D eigenvalue weighted by atomic mass is 10.2. The van der Waals surface area contributed by atoms with Crippen molar-refractivity contribution in [3.05, 3.63) is 54.1 Å². The highest BCUT2D eigenvalue weighted by molar-refractivity contribution is 5.48. The van der Waals surface area contributed by atoms with Crippen molar-refractivity contribution in [3.8, 4) is 11.5 Å². The van der Waals surface area contributed by atoms with Crippen LogP contribution in [0.5, 0.6) is 11.5 Å². The molecule has 0 radical (unpaired) electrons. The Bertz CT molecular complexity index is 523. The third kappa shape index (κ3) is 4.50. The van der Waals surface area contributed by atoms with E-state index < -0.39 is 0 Å². The zero-order valence-electron chi connectivity index (χ0n) is 12.1. The van der Waals surface area contributed by atoms with Gasteiger partial charge in [-0.25, -0.2) is 0 Å². The lowest BCUT2D eigenvalue weighted by Crippen LogP contribution is -2.11. The highest BCUT2D eigenvalue weighted by Crippen LogP contribution is 2.17. The van der Waals surface area contributed by atoms with Gasteiger partial charge in [0.25, 0.3) is 0 Å². The van der Waals surface area contributed by atoms with Crippen molar-refractivity contribution in [2.45, 2.75) is 13.8 Å². The van der Waals surface area contributed by atoms with E-state index in [1.807, 2.05) is 55.5 Å². The van der Waals surface area contributed by atoms with Crippen molar-refractivity contribution in [3.63, 3.8) is 0 Å². The fourth-order valence-electron chi connectivity index (χ4n) is 1.86. The van der Waals surface area contributed by atoms with Crippen LogP contribution in [-0.2, 0) is 0 Å². The van der Waals surface area contributed by atoms with E-state index in [1.165, 1.54) is 5.56 Å². The summed E-state index contributed by atoms with van der Waals surface area (Å²) in [4.78, 5) is 0. The Balaban J connectivity index is 1.75. The maximum atomic E-state index is 5.67. The number of hydrogen-bond donors (Lipinski definition) is 1. The van der Waals surface area contributed by atoms with Gasteiger partial charge in [0.1, 0.15) is 18.1 Å². The molecule has 3 nitrogen and oxygen atoms in total. The average molecular weight is 271 g/mol. The first-order valence-corrected chi connectivity index (χ1v) is 6.94. The van der Waals surface area contributed by atoms with Crippen molar-refractivity contribution in [2.75, 3.05) is 25.1 Å². The topological polar surface area (TPSA) is 30.5 Å². The van der Waals surface area contributed by atoms with Gasteiger partial charge in [0.15, 0.2) is 0 Å². The molecule has 0 aliphatic carbocycles. The molecule has 0 amide bonds. The van der Waals surface area contributed by atoms with Crippen LogP contribution in [0.2, 0.25) is 0 Å². The Kier molecular flexibility index (Phi) is 5.30. The van der Waals surface area contributed by atoms with Gasteiger partial charge in [0.2, 0.25) is 0 Å². The summed E-state index contributed by atoms with van der Waals surface area (Å²) in [5.74, 6) is 1.79. The first kappa shape index (κ1) is 14.3. The first-order valence-electron chi connectivity index (χ1n) is 6.94. The summed E-state index contributed by atoms with van der Waals surface area (Å²) in [6.45, 7) is 6.11. The van der Waals surface area contributed by atoms with Gasteiger partial charge in [-0.3, -0.25) is 0 Å². The van der Waals surface area contributed by atoms with E-state index in [2.05, 4.69) is 12.2 Å². The molecular weight excluding hydrogens is 250 g/mol. The van der Waals surface area contributed by atoms with Crippen LogP contribution in [0, 0.1) is 6.92 Å². The molecule has 0 aromatic heterocycles. The monoisotopic (exact) mass is 271 g/mol. The van der Waals surface area contributed by atoms with Crippen LogP contribution >= 0.6 is 0 Å². The lowest BCUT2D eigenvalue weighted by Gasteiger charge is -2.10. The van der Waals surface area contributed by atoms with E-state index in [1.54, 1.807) is 0 Å². The van der Waals surface area contributed by atoms with Crippen LogP contribution in [0.3, 0.4) is 0 Å². The fourth-order valence-corrected chi connectivity index (χ4v) is 1.86. The number of rotatable bonds is 7. The number of anilines is 1. The summed E-state index contributed by atoms with van der Waals surface area (Å²) in [7, 11) is 0. The minimum atomic E-state index is 0.627. The van der Waals surface area contributed by atoms with Gasteiger partial charge in [0, 0.05) is 18.3 Å². The molecule has 20 heavy (non-hydrogen) atoms. The SMILES string of the molecule is CCOc1cccc(NCCOc2ccc(C)cc2)c1. The van der Waals surface area contributed by atoms with Crippen LogP contribution in [-0.4, -0.2) is 19.8 Å². The Morgan fingerprint density at radius 3 is 2.50 bits per heavy atom. The van der Waals surface area contributed by atoms with Crippen molar-refractivity contribution in [1.82, 2.24) is 0 Å². The fraction of sp³-hybridized carbons (Fsp3) is 0.294. The number of aryl methyl sites for hydroxylation is 1. The average Bonchev–Trinajstić information content (AvgIpc) is 2.46. The lowest BCUT2D eigenvalue weighted by molar-refractivity contribution is 0.332. The molecule has 0 aliphatic heterocycles. The number of hydrogen-bond acceptors (Lipinski definition) is 3. The second kappa shape index (κ2) is 7.43. The minimum Gasteiger partial charge on any atom is -0.494 e. The van der Waals surface area contributed by atoms with Gasteiger partial charge in [0.05, 0.1) is 6.61 Å². The molecule has 0 fully saturated rings.